The van der Waals surface area contributed by atoms with Gasteiger partial charge in [-0.25, -0.2) is 9.37 Å². The molecule has 1 aliphatic heterocycles. The van der Waals surface area contributed by atoms with Gasteiger partial charge in [0.2, 0.25) is 5.89 Å². The second-order valence-electron chi connectivity index (χ2n) is 9.60. The maximum atomic E-state index is 13.7. The number of hydrogen-bond acceptors (Lipinski definition) is 7. The summed E-state index contributed by atoms with van der Waals surface area (Å²) < 4.78 is 19.8. The molecule has 0 radical (unpaired) electrons. The number of nitrogens with zero attached hydrogens (tertiary/aromatic N) is 3. The fraction of sp³-hybridized carbons (Fsp3) is 0.423. The van der Waals surface area contributed by atoms with Gasteiger partial charge < -0.3 is 20.4 Å². The minimum absolute atomic E-state index is 0.00271. The monoisotopic (exact) mass is 479 g/mol. The largest absolute Gasteiger partial charge is 0.439 e. The predicted octanol–water partition coefficient (Wildman–Crippen LogP) is 4.74. The molecule has 1 aromatic heterocycles. The Balaban J connectivity index is 1.31. The number of nitro groups is 1. The van der Waals surface area contributed by atoms with Crippen LogP contribution >= 0.6 is 0 Å². The second kappa shape index (κ2) is 9.75. The SMILES string of the molecule is N[C@@]1(c2ncc(-c3cccc(F)c3)o2)CCCCC1NC1CCCN(c2ccc([N+](=O)[O-])cc2)C1. The van der Waals surface area contributed by atoms with Crippen LogP contribution in [0.4, 0.5) is 15.8 Å². The van der Waals surface area contributed by atoms with Crippen molar-refractivity contribution in [2.24, 2.45) is 5.73 Å². The summed E-state index contributed by atoms with van der Waals surface area (Å²) in [7, 11) is 0. The van der Waals surface area contributed by atoms with Crippen LogP contribution in [0.2, 0.25) is 0 Å². The number of nitro benzene ring substituents is 1. The third-order valence-corrected chi connectivity index (χ3v) is 7.25. The molecule has 1 saturated carbocycles. The molecule has 2 aliphatic rings. The number of non-ortho nitro benzene ring substituents is 1. The van der Waals surface area contributed by atoms with Crippen LogP contribution in [0.15, 0.2) is 59.1 Å². The van der Waals surface area contributed by atoms with E-state index >= 15 is 0 Å². The number of nitrogens with one attached hydrogen (secondary N) is 1. The number of anilines is 1. The molecule has 2 unspecified atom stereocenters. The van der Waals surface area contributed by atoms with Gasteiger partial charge in [-0.2, -0.15) is 0 Å². The quantitative estimate of drug-likeness (QED) is 0.388. The minimum atomic E-state index is -0.751. The summed E-state index contributed by atoms with van der Waals surface area (Å²) in [4.78, 5) is 17.4. The Morgan fingerprint density at radius 3 is 2.77 bits per heavy atom. The van der Waals surface area contributed by atoms with Gasteiger partial charge in [0.25, 0.3) is 5.69 Å². The lowest BCUT2D eigenvalue weighted by molar-refractivity contribution is -0.384. The Kier molecular flexibility index (Phi) is 6.53. The van der Waals surface area contributed by atoms with Gasteiger partial charge in [-0.15, -0.1) is 0 Å². The molecule has 3 atom stereocenters. The van der Waals surface area contributed by atoms with Crippen molar-refractivity contribution in [1.29, 1.82) is 0 Å². The molecule has 1 aliphatic carbocycles. The number of rotatable bonds is 6. The van der Waals surface area contributed by atoms with Crippen molar-refractivity contribution in [3.8, 4) is 11.3 Å². The lowest BCUT2D eigenvalue weighted by Crippen LogP contribution is -2.61. The zero-order chi connectivity index (χ0) is 24.4. The van der Waals surface area contributed by atoms with Crippen LogP contribution in [0.5, 0.6) is 0 Å². The van der Waals surface area contributed by atoms with E-state index in [0.29, 0.717) is 17.2 Å². The molecule has 184 valence electrons. The van der Waals surface area contributed by atoms with Gasteiger partial charge in [-0.3, -0.25) is 10.1 Å². The molecule has 1 saturated heterocycles. The first-order chi connectivity index (χ1) is 16.9. The second-order valence-corrected chi connectivity index (χ2v) is 9.60. The van der Waals surface area contributed by atoms with Crippen LogP contribution in [0, 0.1) is 15.9 Å². The number of halogens is 1. The smallest absolute Gasteiger partial charge is 0.269 e. The van der Waals surface area contributed by atoms with Gasteiger partial charge in [0, 0.05) is 48.6 Å². The lowest BCUT2D eigenvalue weighted by atomic mass is 9.77. The zero-order valence-corrected chi connectivity index (χ0v) is 19.5. The maximum absolute atomic E-state index is 13.7. The molecule has 2 heterocycles. The third kappa shape index (κ3) is 4.92. The van der Waals surface area contributed by atoms with E-state index in [9.17, 15) is 14.5 Å². The van der Waals surface area contributed by atoms with Crippen LogP contribution < -0.4 is 16.0 Å². The van der Waals surface area contributed by atoms with E-state index in [1.807, 2.05) is 12.1 Å². The topological polar surface area (TPSA) is 110 Å². The highest BCUT2D eigenvalue weighted by Crippen LogP contribution is 2.37. The fourth-order valence-corrected chi connectivity index (χ4v) is 5.37. The van der Waals surface area contributed by atoms with E-state index < -0.39 is 5.54 Å². The average molecular weight is 480 g/mol. The lowest BCUT2D eigenvalue weighted by Gasteiger charge is -2.43. The van der Waals surface area contributed by atoms with Crippen LogP contribution in [-0.2, 0) is 5.54 Å². The Bertz CT molecular complexity index is 1180. The minimum Gasteiger partial charge on any atom is -0.439 e. The number of oxazole rings is 1. The molecule has 2 aromatic carbocycles. The first kappa shape index (κ1) is 23.4. The van der Waals surface area contributed by atoms with Crippen molar-refractivity contribution in [3.05, 3.63) is 76.6 Å². The Morgan fingerprint density at radius 2 is 2.00 bits per heavy atom. The number of aromatic nitrogens is 1. The van der Waals surface area contributed by atoms with Gasteiger partial charge in [0.05, 0.1) is 11.1 Å². The summed E-state index contributed by atoms with van der Waals surface area (Å²) in [5.74, 6) is 0.669. The van der Waals surface area contributed by atoms with E-state index in [4.69, 9.17) is 10.2 Å². The molecule has 35 heavy (non-hydrogen) atoms. The van der Waals surface area contributed by atoms with Gasteiger partial charge in [-0.1, -0.05) is 25.0 Å². The van der Waals surface area contributed by atoms with E-state index in [-0.39, 0.29) is 28.5 Å². The Labute approximate surface area is 203 Å². The Morgan fingerprint density at radius 1 is 1.17 bits per heavy atom. The predicted molar refractivity (Wildman–Crippen MR) is 131 cm³/mol. The van der Waals surface area contributed by atoms with Crippen molar-refractivity contribution >= 4 is 11.4 Å². The van der Waals surface area contributed by atoms with Crippen molar-refractivity contribution < 1.29 is 13.7 Å². The van der Waals surface area contributed by atoms with Crippen LogP contribution in [0.25, 0.3) is 11.3 Å². The summed E-state index contributed by atoms with van der Waals surface area (Å²) >= 11 is 0. The molecule has 0 bridgehead atoms. The zero-order valence-electron chi connectivity index (χ0n) is 19.5. The summed E-state index contributed by atoms with van der Waals surface area (Å²) in [6, 6.07) is 13.2. The molecule has 8 nitrogen and oxygen atoms in total. The molecular weight excluding hydrogens is 449 g/mol. The average Bonchev–Trinajstić information content (AvgIpc) is 3.37. The molecule has 3 aromatic rings. The number of benzene rings is 2. The van der Waals surface area contributed by atoms with Gasteiger partial charge in [0.15, 0.2) is 5.76 Å². The third-order valence-electron chi connectivity index (χ3n) is 7.25. The van der Waals surface area contributed by atoms with Gasteiger partial charge in [-0.05, 0) is 49.9 Å². The van der Waals surface area contributed by atoms with Crippen LogP contribution in [0.3, 0.4) is 0 Å². The van der Waals surface area contributed by atoms with Crippen molar-refractivity contribution in [2.45, 2.75) is 56.1 Å². The maximum Gasteiger partial charge on any atom is 0.269 e. The number of piperidine rings is 1. The van der Waals surface area contributed by atoms with Gasteiger partial charge in [0.1, 0.15) is 11.4 Å². The summed E-state index contributed by atoms with van der Waals surface area (Å²) in [6.45, 7) is 1.70. The number of nitrogens with two attached hydrogens (primary N) is 1. The van der Waals surface area contributed by atoms with Crippen molar-refractivity contribution in [2.75, 3.05) is 18.0 Å². The van der Waals surface area contributed by atoms with E-state index in [0.717, 1.165) is 57.3 Å². The van der Waals surface area contributed by atoms with E-state index in [1.165, 1.54) is 12.1 Å². The highest BCUT2D eigenvalue weighted by atomic mass is 19.1. The Hall–Kier alpha value is -3.30. The van der Waals surface area contributed by atoms with Crippen LogP contribution in [0.1, 0.15) is 44.4 Å². The normalized spacial score (nSPS) is 24.9. The van der Waals surface area contributed by atoms with Crippen LogP contribution in [-0.4, -0.2) is 35.1 Å². The van der Waals surface area contributed by atoms with Gasteiger partial charge >= 0.3 is 0 Å². The van der Waals surface area contributed by atoms with E-state index in [1.54, 1.807) is 30.5 Å². The molecule has 2 fully saturated rings. The first-order valence-electron chi connectivity index (χ1n) is 12.2. The molecule has 9 heteroatoms. The standard InChI is InChI=1S/C26H30FN5O3/c27-19-6-3-5-18(15-19)23-16-29-25(35-23)26(28)13-2-1-8-24(26)30-20-7-4-14-31(17-20)21-9-11-22(12-10-21)32(33)34/h3,5-6,9-12,15-16,20,24,30H,1-2,4,7-8,13-14,17,28H2/t20?,24?,26-/m0/s1. The molecular formula is C26H30FN5O3. The molecule has 0 spiro atoms. The van der Waals surface area contributed by atoms with Crippen molar-refractivity contribution in [3.63, 3.8) is 0 Å². The summed E-state index contributed by atoms with van der Waals surface area (Å²) in [5, 5.41) is 14.8. The number of hydrogen-bond donors (Lipinski definition) is 2. The summed E-state index contributed by atoms with van der Waals surface area (Å²) in [6.07, 6.45) is 7.41. The first-order valence-corrected chi connectivity index (χ1v) is 12.2. The highest BCUT2D eigenvalue weighted by Gasteiger charge is 2.44. The molecule has 5 rings (SSSR count). The molecule has 0 amide bonds. The highest BCUT2D eigenvalue weighted by molar-refractivity contribution is 5.56. The van der Waals surface area contributed by atoms with E-state index in [2.05, 4.69) is 15.2 Å². The van der Waals surface area contributed by atoms with Crippen molar-refractivity contribution in [1.82, 2.24) is 10.3 Å². The summed E-state index contributed by atoms with van der Waals surface area (Å²) in [5.41, 5.74) is 7.95. The fourth-order valence-electron chi connectivity index (χ4n) is 5.37. The molecule has 3 N–H and O–H groups in total.